The second kappa shape index (κ2) is 4.54. The first kappa shape index (κ1) is 12.5. The van der Waals surface area contributed by atoms with Crippen molar-refractivity contribution in [3.8, 4) is 11.8 Å². The Bertz CT molecular complexity index is 526. The minimum Gasteiger partial charge on any atom is -0.493 e. The maximum Gasteiger partial charge on any atom is 0.122 e. The fourth-order valence-electron chi connectivity index (χ4n) is 3.25. The molecule has 2 aliphatic heterocycles. The summed E-state index contributed by atoms with van der Waals surface area (Å²) < 4.78 is 11.0. The highest BCUT2D eigenvalue weighted by molar-refractivity contribution is 5.44. The molecule has 1 unspecified atom stereocenters. The Morgan fingerprint density at radius 2 is 2.11 bits per heavy atom. The van der Waals surface area contributed by atoms with Crippen LogP contribution in [-0.2, 0) is 16.6 Å². The monoisotopic (exact) mass is 257 g/mol. The molecule has 1 saturated heterocycles. The molecule has 0 saturated carbocycles. The van der Waals surface area contributed by atoms with E-state index in [2.05, 4.69) is 32.0 Å². The van der Waals surface area contributed by atoms with E-state index in [9.17, 15) is 5.26 Å². The summed E-state index contributed by atoms with van der Waals surface area (Å²) in [6, 6.07) is 8.88. The number of nitrogens with zero attached hydrogens (tertiary/aromatic N) is 1. The van der Waals surface area contributed by atoms with E-state index in [1.807, 2.05) is 6.07 Å². The van der Waals surface area contributed by atoms with Crippen molar-refractivity contribution < 1.29 is 9.47 Å². The van der Waals surface area contributed by atoms with Gasteiger partial charge in [0.2, 0.25) is 0 Å². The van der Waals surface area contributed by atoms with Gasteiger partial charge in [-0.2, -0.15) is 5.26 Å². The summed E-state index contributed by atoms with van der Waals surface area (Å²) in [4.78, 5) is 0. The first-order chi connectivity index (χ1) is 9.17. The highest BCUT2D eigenvalue weighted by atomic mass is 16.5. The Labute approximate surface area is 114 Å². The topological polar surface area (TPSA) is 42.2 Å². The van der Waals surface area contributed by atoms with E-state index < -0.39 is 0 Å². The van der Waals surface area contributed by atoms with Gasteiger partial charge in [0.15, 0.2) is 0 Å². The summed E-state index contributed by atoms with van der Waals surface area (Å²) in [7, 11) is 0. The molecule has 1 fully saturated rings. The molecule has 0 spiro atoms. The van der Waals surface area contributed by atoms with E-state index in [0.29, 0.717) is 19.1 Å². The Hall–Kier alpha value is -1.53. The molecule has 0 aromatic heterocycles. The number of nitriles is 1. The van der Waals surface area contributed by atoms with Crippen molar-refractivity contribution >= 4 is 0 Å². The minimum absolute atomic E-state index is 0.00150. The van der Waals surface area contributed by atoms with Gasteiger partial charge in [0.1, 0.15) is 5.75 Å². The fraction of sp³-hybridized carbons (Fsp3) is 0.562. The number of fused-ring (bicyclic) bond motifs is 1. The lowest BCUT2D eigenvalue weighted by atomic mass is 9.65. The normalized spacial score (nSPS) is 21.2. The van der Waals surface area contributed by atoms with Gasteiger partial charge in [-0.15, -0.1) is 0 Å². The van der Waals surface area contributed by atoms with Crippen molar-refractivity contribution in [2.45, 2.75) is 25.7 Å². The number of rotatable bonds is 3. The van der Waals surface area contributed by atoms with Gasteiger partial charge in [-0.05, 0) is 23.1 Å². The van der Waals surface area contributed by atoms with Crippen LogP contribution < -0.4 is 4.74 Å². The molecule has 2 aliphatic rings. The van der Waals surface area contributed by atoms with E-state index in [-0.39, 0.29) is 11.3 Å². The highest BCUT2D eigenvalue weighted by Gasteiger charge is 2.48. The van der Waals surface area contributed by atoms with Crippen molar-refractivity contribution in [2.24, 2.45) is 11.8 Å². The summed E-state index contributed by atoms with van der Waals surface area (Å²) >= 11 is 0. The minimum atomic E-state index is -0.124. The molecular weight excluding hydrogens is 238 g/mol. The molecule has 0 radical (unpaired) electrons. The van der Waals surface area contributed by atoms with E-state index in [1.165, 1.54) is 11.1 Å². The third kappa shape index (κ3) is 1.82. The summed E-state index contributed by atoms with van der Waals surface area (Å²) in [6.45, 7) is 6.31. The number of hydrogen-bond donors (Lipinski definition) is 0. The molecule has 1 atom stereocenters. The zero-order valence-electron chi connectivity index (χ0n) is 11.5. The highest BCUT2D eigenvalue weighted by Crippen LogP contribution is 2.44. The van der Waals surface area contributed by atoms with Crippen molar-refractivity contribution in [2.75, 3.05) is 19.8 Å². The number of benzene rings is 1. The summed E-state index contributed by atoms with van der Waals surface area (Å²) in [5, 5.41) is 9.52. The lowest BCUT2D eigenvalue weighted by molar-refractivity contribution is -0.0877. The standard InChI is InChI=1S/C16H19NO2/c1-11(2)14(8-17)16(9-18-10-16)13-3-4-15-12(7-13)5-6-19-15/h3-4,7,11,14H,5-6,9-10H2,1-2H3. The molecule has 0 bridgehead atoms. The van der Waals surface area contributed by atoms with E-state index in [4.69, 9.17) is 9.47 Å². The summed E-state index contributed by atoms with van der Waals surface area (Å²) in [6.07, 6.45) is 0.971. The van der Waals surface area contributed by atoms with Gasteiger partial charge in [-0.3, -0.25) is 0 Å². The average molecular weight is 257 g/mol. The summed E-state index contributed by atoms with van der Waals surface area (Å²) in [5.41, 5.74) is 2.38. The van der Waals surface area contributed by atoms with Gasteiger partial charge in [-0.1, -0.05) is 26.0 Å². The van der Waals surface area contributed by atoms with Crippen LogP contribution in [0.4, 0.5) is 0 Å². The Balaban J connectivity index is 2.00. The van der Waals surface area contributed by atoms with Crippen LogP contribution in [0.3, 0.4) is 0 Å². The first-order valence-corrected chi connectivity index (χ1v) is 6.91. The van der Waals surface area contributed by atoms with Gasteiger partial charge in [0.05, 0.1) is 37.2 Å². The van der Waals surface area contributed by atoms with Crippen LogP contribution in [0.5, 0.6) is 5.75 Å². The molecule has 100 valence electrons. The van der Waals surface area contributed by atoms with Crippen LogP contribution in [0.1, 0.15) is 25.0 Å². The van der Waals surface area contributed by atoms with Gasteiger partial charge in [0, 0.05) is 6.42 Å². The van der Waals surface area contributed by atoms with Crippen molar-refractivity contribution in [1.29, 1.82) is 5.26 Å². The van der Waals surface area contributed by atoms with Gasteiger partial charge < -0.3 is 9.47 Å². The second-order valence-electron chi connectivity index (χ2n) is 5.92. The lowest BCUT2D eigenvalue weighted by Gasteiger charge is -2.46. The van der Waals surface area contributed by atoms with E-state index in [1.54, 1.807) is 0 Å². The van der Waals surface area contributed by atoms with Crippen molar-refractivity contribution in [3.63, 3.8) is 0 Å². The first-order valence-electron chi connectivity index (χ1n) is 6.91. The Morgan fingerprint density at radius 1 is 1.32 bits per heavy atom. The molecule has 3 rings (SSSR count). The van der Waals surface area contributed by atoms with E-state index >= 15 is 0 Å². The molecule has 0 aliphatic carbocycles. The molecule has 0 N–H and O–H groups in total. The van der Waals surface area contributed by atoms with Crippen LogP contribution in [0.15, 0.2) is 18.2 Å². The van der Waals surface area contributed by atoms with Gasteiger partial charge in [-0.25, -0.2) is 0 Å². The van der Waals surface area contributed by atoms with Crippen LogP contribution in [-0.4, -0.2) is 19.8 Å². The molecule has 3 heteroatoms. The zero-order valence-corrected chi connectivity index (χ0v) is 11.5. The van der Waals surface area contributed by atoms with Crippen molar-refractivity contribution in [1.82, 2.24) is 0 Å². The SMILES string of the molecule is CC(C)C(C#N)C1(c2ccc3c(c2)CCO3)COC1. The average Bonchev–Trinajstić information content (AvgIpc) is 2.79. The Morgan fingerprint density at radius 3 is 2.68 bits per heavy atom. The predicted octanol–water partition coefficient (Wildman–Crippen LogP) is 2.69. The number of hydrogen-bond acceptors (Lipinski definition) is 3. The maximum atomic E-state index is 9.52. The quantitative estimate of drug-likeness (QED) is 0.836. The molecule has 1 aromatic rings. The van der Waals surface area contributed by atoms with E-state index in [0.717, 1.165) is 18.8 Å². The molecule has 0 amide bonds. The lowest BCUT2D eigenvalue weighted by Crippen LogP contribution is -2.53. The Kier molecular flexibility index (Phi) is 2.99. The second-order valence-corrected chi connectivity index (χ2v) is 5.92. The molecular formula is C16H19NO2. The smallest absolute Gasteiger partial charge is 0.122 e. The van der Waals surface area contributed by atoms with Gasteiger partial charge in [0.25, 0.3) is 0 Å². The number of ether oxygens (including phenoxy) is 2. The third-order valence-corrected chi connectivity index (χ3v) is 4.38. The molecule has 2 heterocycles. The van der Waals surface area contributed by atoms with Crippen LogP contribution >= 0.6 is 0 Å². The van der Waals surface area contributed by atoms with Gasteiger partial charge >= 0.3 is 0 Å². The molecule has 1 aromatic carbocycles. The molecule has 19 heavy (non-hydrogen) atoms. The van der Waals surface area contributed by atoms with Crippen LogP contribution in [0, 0.1) is 23.2 Å². The molecule has 3 nitrogen and oxygen atoms in total. The van der Waals surface area contributed by atoms with Crippen molar-refractivity contribution in [3.05, 3.63) is 29.3 Å². The maximum absolute atomic E-state index is 9.52. The third-order valence-electron chi connectivity index (χ3n) is 4.38. The van der Waals surface area contributed by atoms with Crippen LogP contribution in [0.25, 0.3) is 0 Å². The fourth-order valence-corrected chi connectivity index (χ4v) is 3.25. The largest absolute Gasteiger partial charge is 0.493 e. The zero-order chi connectivity index (χ0) is 13.5. The predicted molar refractivity (Wildman–Crippen MR) is 72.1 cm³/mol. The summed E-state index contributed by atoms with van der Waals surface area (Å²) in [5.74, 6) is 1.33. The van der Waals surface area contributed by atoms with Crippen LogP contribution in [0.2, 0.25) is 0 Å².